The van der Waals surface area contributed by atoms with Gasteiger partial charge in [0.25, 0.3) is 0 Å². The minimum absolute atomic E-state index is 0.145. The van der Waals surface area contributed by atoms with Crippen LogP contribution in [0.15, 0.2) is 24.4 Å². The largest absolute Gasteiger partial charge is 0.444 e. The maximum absolute atomic E-state index is 13.2. The van der Waals surface area contributed by atoms with Crippen molar-refractivity contribution in [1.29, 1.82) is 0 Å². The first-order valence-electron chi connectivity index (χ1n) is 9.52. The van der Waals surface area contributed by atoms with E-state index in [1.807, 2.05) is 43.9 Å². The summed E-state index contributed by atoms with van der Waals surface area (Å²) in [5.41, 5.74) is 0.389. The molecular formula is C20H29N3O3. The SMILES string of the molecule is CC(C)(C)OC(=O)N1CCCC(C(=O)N(Cc2ccccn2)C2CC2)C1. The molecule has 26 heavy (non-hydrogen) atoms. The van der Waals surface area contributed by atoms with Gasteiger partial charge in [0.15, 0.2) is 0 Å². The van der Waals surface area contributed by atoms with Crippen LogP contribution in [0.5, 0.6) is 0 Å². The predicted molar refractivity (Wildman–Crippen MR) is 98.3 cm³/mol. The van der Waals surface area contributed by atoms with Crippen LogP contribution in [0, 0.1) is 5.92 Å². The Balaban J connectivity index is 1.64. The smallest absolute Gasteiger partial charge is 0.410 e. The van der Waals surface area contributed by atoms with Crippen molar-refractivity contribution in [3.8, 4) is 0 Å². The number of pyridine rings is 1. The van der Waals surface area contributed by atoms with Gasteiger partial charge in [0.2, 0.25) is 5.91 Å². The minimum Gasteiger partial charge on any atom is -0.444 e. The number of hydrogen-bond acceptors (Lipinski definition) is 4. The van der Waals surface area contributed by atoms with Crippen LogP contribution in [0.2, 0.25) is 0 Å². The molecule has 6 heteroatoms. The van der Waals surface area contributed by atoms with Gasteiger partial charge < -0.3 is 14.5 Å². The molecule has 0 radical (unpaired) electrons. The number of likely N-dealkylation sites (tertiary alicyclic amines) is 1. The fourth-order valence-electron chi connectivity index (χ4n) is 3.34. The summed E-state index contributed by atoms with van der Waals surface area (Å²) < 4.78 is 5.47. The Labute approximate surface area is 155 Å². The molecular weight excluding hydrogens is 330 g/mol. The van der Waals surface area contributed by atoms with Crippen LogP contribution in [0.1, 0.15) is 52.1 Å². The van der Waals surface area contributed by atoms with Gasteiger partial charge in [-0.1, -0.05) is 6.07 Å². The molecule has 1 saturated carbocycles. The number of carbonyl (C=O) groups is 2. The maximum Gasteiger partial charge on any atom is 0.410 e. The van der Waals surface area contributed by atoms with E-state index in [4.69, 9.17) is 4.74 Å². The number of ether oxygens (including phenoxy) is 1. The normalized spacial score (nSPS) is 20.6. The van der Waals surface area contributed by atoms with Crippen LogP contribution in [0.25, 0.3) is 0 Å². The van der Waals surface area contributed by atoms with Gasteiger partial charge in [-0.15, -0.1) is 0 Å². The molecule has 1 atom stereocenters. The summed E-state index contributed by atoms with van der Waals surface area (Å²) in [5.74, 6) is -0.00741. The molecule has 1 aliphatic heterocycles. The third kappa shape index (κ3) is 4.96. The monoisotopic (exact) mass is 359 g/mol. The van der Waals surface area contributed by atoms with E-state index < -0.39 is 5.60 Å². The highest BCUT2D eigenvalue weighted by Crippen LogP contribution is 2.31. The average Bonchev–Trinajstić information content (AvgIpc) is 3.43. The number of aromatic nitrogens is 1. The molecule has 0 bridgehead atoms. The molecule has 1 aromatic rings. The number of amides is 2. The van der Waals surface area contributed by atoms with Crippen molar-refractivity contribution >= 4 is 12.0 Å². The summed E-state index contributed by atoms with van der Waals surface area (Å²) in [5, 5.41) is 0. The van der Waals surface area contributed by atoms with E-state index in [9.17, 15) is 9.59 Å². The van der Waals surface area contributed by atoms with Gasteiger partial charge in [-0.2, -0.15) is 0 Å². The minimum atomic E-state index is -0.521. The lowest BCUT2D eigenvalue weighted by atomic mass is 9.96. The first-order valence-corrected chi connectivity index (χ1v) is 9.52. The Morgan fingerprint density at radius 2 is 2.04 bits per heavy atom. The van der Waals surface area contributed by atoms with Crippen LogP contribution in [0.4, 0.5) is 4.79 Å². The Bertz CT molecular complexity index is 637. The highest BCUT2D eigenvalue weighted by atomic mass is 16.6. The van der Waals surface area contributed by atoms with Crippen LogP contribution in [0.3, 0.4) is 0 Å². The number of rotatable bonds is 4. The van der Waals surface area contributed by atoms with Crippen molar-refractivity contribution in [2.75, 3.05) is 13.1 Å². The Morgan fingerprint density at radius 3 is 2.65 bits per heavy atom. The van der Waals surface area contributed by atoms with Crippen molar-refractivity contribution in [3.05, 3.63) is 30.1 Å². The maximum atomic E-state index is 13.2. The fourth-order valence-corrected chi connectivity index (χ4v) is 3.34. The topological polar surface area (TPSA) is 62.7 Å². The molecule has 0 aromatic carbocycles. The summed E-state index contributed by atoms with van der Waals surface area (Å²) in [6.07, 6.45) is 5.21. The molecule has 1 aliphatic carbocycles. The second-order valence-electron chi connectivity index (χ2n) is 8.28. The Hall–Kier alpha value is -2.11. The lowest BCUT2D eigenvalue weighted by Gasteiger charge is -2.35. The predicted octanol–water partition coefficient (Wildman–Crippen LogP) is 3.22. The van der Waals surface area contributed by atoms with Crippen molar-refractivity contribution in [1.82, 2.24) is 14.8 Å². The zero-order chi connectivity index (χ0) is 18.7. The van der Waals surface area contributed by atoms with Crippen molar-refractivity contribution in [2.24, 2.45) is 5.92 Å². The molecule has 0 spiro atoms. The number of nitrogens with zero attached hydrogens (tertiary/aromatic N) is 3. The molecule has 142 valence electrons. The molecule has 1 aromatic heterocycles. The van der Waals surface area contributed by atoms with Gasteiger partial charge in [0.05, 0.1) is 18.2 Å². The summed E-state index contributed by atoms with van der Waals surface area (Å²) in [4.78, 5) is 33.5. The van der Waals surface area contributed by atoms with E-state index in [2.05, 4.69) is 4.98 Å². The van der Waals surface area contributed by atoms with E-state index in [0.29, 0.717) is 25.7 Å². The van der Waals surface area contributed by atoms with Crippen molar-refractivity contribution in [2.45, 2.75) is 64.6 Å². The Kier molecular flexibility index (Phi) is 5.49. The van der Waals surface area contributed by atoms with Gasteiger partial charge in [-0.05, 0) is 58.6 Å². The van der Waals surface area contributed by atoms with Gasteiger partial charge >= 0.3 is 6.09 Å². The van der Waals surface area contributed by atoms with Crippen LogP contribution in [-0.2, 0) is 16.1 Å². The number of carbonyl (C=O) groups excluding carboxylic acids is 2. The highest BCUT2D eigenvalue weighted by molar-refractivity contribution is 5.80. The molecule has 0 N–H and O–H groups in total. The lowest BCUT2D eigenvalue weighted by Crippen LogP contribution is -2.48. The molecule has 2 amide bonds. The first-order chi connectivity index (χ1) is 12.3. The molecule has 2 aliphatic rings. The standard InChI is InChI=1S/C20H29N3O3/c1-20(2,3)26-19(25)22-12-6-7-15(13-22)18(24)23(17-9-10-17)14-16-8-4-5-11-21-16/h4-5,8,11,15,17H,6-7,9-10,12-14H2,1-3H3. The van der Waals surface area contributed by atoms with Crippen LogP contribution in [-0.4, -0.2) is 51.5 Å². The highest BCUT2D eigenvalue weighted by Gasteiger charge is 2.38. The summed E-state index contributed by atoms with van der Waals surface area (Å²) in [7, 11) is 0. The number of piperidine rings is 1. The first kappa shape index (κ1) is 18.7. The molecule has 2 fully saturated rings. The zero-order valence-corrected chi connectivity index (χ0v) is 16.0. The quantitative estimate of drug-likeness (QED) is 0.828. The lowest BCUT2D eigenvalue weighted by molar-refractivity contribution is -0.138. The summed E-state index contributed by atoms with van der Waals surface area (Å²) in [6.45, 7) is 7.23. The second kappa shape index (κ2) is 7.64. The van der Waals surface area contributed by atoms with Crippen molar-refractivity contribution in [3.63, 3.8) is 0 Å². The summed E-state index contributed by atoms with van der Waals surface area (Å²) >= 11 is 0. The average molecular weight is 359 g/mol. The molecule has 1 unspecified atom stereocenters. The third-order valence-electron chi connectivity index (χ3n) is 4.75. The third-order valence-corrected chi connectivity index (χ3v) is 4.75. The van der Waals surface area contributed by atoms with E-state index >= 15 is 0 Å². The molecule has 3 rings (SSSR count). The Morgan fingerprint density at radius 1 is 1.27 bits per heavy atom. The summed E-state index contributed by atoms with van der Waals surface area (Å²) in [6, 6.07) is 6.10. The van der Waals surface area contributed by atoms with Crippen molar-refractivity contribution < 1.29 is 14.3 Å². The van der Waals surface area contributed by atoms with Gasteiger partial charge in [0.1, 0.15) is 5.60 Å². The van der Waals surface area contributed by atoms with Gasteiger partial charge in [0, 0.05) is 25.3 Å². The van der Waals surface area contributed by atoms with Crippen LogP contribution >= 0.6 is 0 Å². The second-order valence-corrected chi connectivity index (χ2v) is 8.28. The van der Waals surface area contributed by atoms with Crippen LogP contribution < -0.4 is 0 Å². The van der Waals surface area contributed by atoms with E-state index in [1.165, 1.54) is 0 Å². The van der Waals surface area contributed by atoms with Gasteiger partial charge in [-0.25, -0.2) is 4.79 Å². The number of hydrogen-bond donors (Lipinski definition) is 0. The van der Waals surface area contributed by atoms with E-state index in [-0.39, 0.29) is 17.9 Å². The molecule has 1 saturated heterocycles. The fraction of sp³-hybridized carbons (Fsp3) is 0.650. The van der Waals surface area contributed by atoms with Gasteiger partial charge in [-0.3, -0.25) is 9.78 Å². The zero-order valence-electron chi connectivity index (χ0n) is 16.0. The molecule has 6 nitrogen and oxygen atoms in total. The van der Waals surface area contributed by atoms with E-state index in [0.717, 1.165) is 31.4 Å². The molecule has 2 heterocycles. The van der Waals surface area contributed by atoms with E-state index in [1.54, 1.807) is 11.1 Å².